The number of fused-ring (bicyclic) bond motifs is 1. The van der Waals surface area contributed by atoms with Gasteiger partial charge in [0.05, 0.1) is 11.6 Å². The molecular formula is C25H15F3N2O3. The molecule has 1 aromatic heterocycles. The number of H-pyrrole nitrogens is 1. The SMILES string of the molecule is O=C1C(=O)N(c2ccc(F)c(F)c2)C(c2ccc(F)cc2)/C1=C(/O)c1c[nH]c2ccccc12. The van der Waals surface area contributed by atoms with Crippen molar-refractivity contribution in [2.45, 2.75) is 6.04 Å². The second kappa shape index (κ2) is 7.67. The smallest absolute Gasteiger partial charge is 0.300 e. The Morgan fingerprint density at radius 1 is 0.909 bits per heavy atom. The van der Waals surface area contributed by atoms with Crippen molar-refractivity contribution in [3.05, 3.63) is 107 Å². The maximum Gasteiger partial charge on any atom is 0.300 e. The molecule has 4 aromatic rings. The van der Waals surface area contributed by atoms with Crippen LogP contribution in [-0.4, -0.2) is 21.8 Å². The number of halogens is 3. The molecule has 0 spiro atoms. The third-order valence-electron chi connectivity index (χ3n) is 5.66. The van der Waals surface area contributed by atoms with Crippen LogP contribution in [0.15, 0.2) is 78.5 Å². The molecule has 0 bridgehead atoms. The summed E-state index contributed by atoms with van der Waals surface area (Å²) in [6.45, 7) is 0. The minimum atomic E-state index is -1.20. The first kappa shape index (κ1) is 20.6. The maximum absolute atomic E-state index is 14.0. The van der Waals surface area contributed by atoms with Crippen LogP contribution in [0.4, 0.5) is 18.9 Å². The summed E-state index contributed by atoms with van der Waals surface area (Å²) in [6.07, 6.45) is 1.51. The number of nitrogens with one attached hydrogen (secondary N) is 1. The number of Topliss-reactive ketones (excluding diaryl/α,β-unsaturated/α-hetero) is 1. The molecule has 1 saturated heterocycles. The van der Waals surface area contributed by atoms with E-state index in [-0.39, 0.29) is 11.3 Å². The van der Waals surface area contributed by atoms with Crippen LogP contribution in [0.25, 0.3) is 16.7 Å². The van der Waals surface area contributed by atoms with Gasteiger partial charge in [0.25, 0.3) is 11.7 Å². The highest BCUT2D eigenvalue weighted by molar-refractivity contribution is 6.51. The lowest BCUT2D eigenvalue weighted by Gasteiger charge is -2.25. The van der Waals surface area contributed by atoms with E-state index in [1.54, 1.807) is 24.3 Å². The van der Waals surface area contributed by atoms with Crippen LogP contribution < -0.4 is 4.90 Å². The first-order chi connectivity index (χ1) is 15.9. The van der Waals surface area contributed by atoms with E-state index in [1.807, 2.05) is 0 Å². The second-order valence-corrected chi connectivity index (χ2v) is 7.57. The zero-order chi connectivity index (χ0) is 23.3. The highest BCUT2D eigenvalue weighted by Crippen LogP contribution is 2.43. The number of ketones is 1. The Balaban J connectivity index is 1.76. The summed E-state index contributed by atoms with van der Waals surface area (Å²) < 4.78 is 41.1. The molecule has 5 rings (SSSR count). The minimum Gasteiger partial charge on any atom is -0.507 e. The van der Waals surface area contributed by atoms with E-state index in [0.717, 1.165) is 35.2 Å². The average molecular weight is 448 g/mol. The Kier molecular flexibility index (Phi) is 4.78. The zero-order valence-electron chi connectivity index (χ0n) is 16.9. The lowest BCUT2D eigenvalue weighted by atomic mass is 9.95. The van der Waals surface area contributed by atoms with Gasteiger partial charge >= 0.3 is 0 Å². The lowest BCUT2D eigenvalue weighted by Crippen LogP contribution is -2.29. The summed E-state index contributed by atoms with van der Waals surface area (Å²) in [7, 11) is 0. The zero-order valence-corrected chi connectivity index (χ0v) is 16.9. The fraction of sp³-hybridized carbons (Fsp3) is 0.0400. The number of carbonyl (C=O) groups is 2. The number of rotatable bonds is 3. The van der Waals surface area contributed by atoms with Gasteiger partial charge in [-0.05, 0) is 35.9 Å². The summed E-state index contributed by atoms with van der Waals surface area (Å²) in [4.78, 5) is 30.1. The Hall–Kier alpha value is -4.33. The number of hydrogen-bond acceptors (Lipinski definition) is 3. The van der Waals surface area contributed by atoms with Crippen LogP contribution >= 0.6 is 0 Å². The van der Waals surface area contributed by atoms with Crippen molar-refractivity contribution in [1.29, 1.82) is 0 Å². The normalized spacial score (nSPS) is 17.8. The monoisotopic (exact) mass is 448 g/mol. The number of amides is 1. The Bertz CT molecular complexity index is 1460. The molecule has 0 saturated carbocycles. The maximum atomic E-state index is 14.0. The van der Waals surface area contributed by atoms with Crippen LogP contribution in [-0.2, 0) is 9.59 Å². The number of carbonyl (C=O) groups excluding carboxylic acids is 2. The van der Waals surface area contributed by atoms with Gasteiger partial charge in [0.15, 0.2) is 11.6 Å². The van der Waals surface area contributed by atoms with E-state index >= 15 is 0 Å². The number of nitrogens with zero attached hydrogens (tertiary/aromatic N) is 1. The molecular weight excluding hydrogens is 433 g/mol. The van der Waals surface area contributed by atoms with Gasteiger partial charge in [-0.1, -0.05) is 30.3 Å². The summed E-state index contributed by atoms with van der Waals surface area (Å²) >= 11 is 0. The summed E-state index contributed by atoms with van der Waals surface area (Å²) in [5, 5.41) is 11.8. The predicted octanol–water partition coefficient (Wildman–Crippen LogP) is 5.21. The molecule has 1 amide bonds. The molecule has 5 nitrogen and oxygen atoms in total. The van der Waals surface area contributed by atoms with Gasteiger partial charge in [-0.25, -0.2) is 13.2 Å². The third kappa shape index (κ3) is 3.27. The van der Waals surface area contributed by atoms with E-state index in [1.165, 1.54) is 18.3 Å². The van der Waals surface area contributed by atoms with Crippen LogP contribution in [0, 0.1) is 17.5 Å². The topological polar surface area (TPSA) is 73.4 Å². The number of anilines is 1. The van der Waals surface area contributed by atoms with E-state index < -0.39 is 40.9 Å². The standard InChI is InChI=1S/C25H15F3N2O3/c26-14-7-5-13(6-8-14)22-21(23(31)17-12-29-20-4-2-1-3-16(17)20)24(32)25(33)30(22)15-9-10-18(27)19(28)11-15/h1-12,22,29,31H/b23-21-. The van der Waals surface area contributed by atoms with Gasteiger partial charge in [-0.2, -0.15) is 0 Å². The van der Waals surface area contributed by atoms with Crippen molar-refractivity contribution in [1.82, 2.24) is 4.98 Å². The molecule has 1 unspecified atom stereocenters. The lowest BCUT2D eigenvalue weighted by molar-refractivity contribution is -0.132. The van der Waals surface area contributed by atoms with Crippen LogP contribution in [0.3, 0.4) is 0 Å². The van der Waals surface area contributed by atoms with Gasteiger partial charge in [0, 0.05) is 34.4 Å². The van der Waals surface area contributed by atoms with E-state index in [4.69, 9.17) is 0 Å². The molecule has 33 heavy (non-hydrogen) atoms. The van der Waals surface area contributed by atoms with Gasteiger partial charge < -0.3 is 10.1 Å². The van der Waals surface area contributed by atoms with Crippen molar-refractivity contribution < 1.29 is 27.9 Å². The first-order valence-electron chi connectivity index (χ1n) is 9.95. The summed E-state index contributed by atoms with van der Waals surface area (Å²) in [5.74, 6) is -5.34. The van der Waals surface area contributed by atoms with E-state index in [2.05, 4.69) is 4.98 Å². The number of aromatic amines is 1. The molecule has 8 heteroatoms. The third-order valence-corrected chi connectivity index (χ3v) is 5.66. The first-order valence-corrected chi connectivity index (χ1v) is 9.95. The number of aromatic nitrogens is 1. The van der Waals surface area contributed by atoms with Gasteiger partial charge in [-0.3, -0.25) is 14.5 Å². The molecule has 164 valence electrons. The van der Waals surface area contributed by atoms with Gasteiger partial charge in [-0.15, -0.1) is 0 Å². The van der Waals surface area contributed by atoms with E-state index in [9.17, 15) is 27.9 Å². The summed E-state index contributed by atoms with van der Waals surface area (Å²) in [5.41, 5.74) is 0.972. The van der Waals surface area contributed by atoms with Crippen molar-refractivity contribution >= 4 is 34.0 Å². The molecule has 0 radical (unpaired) electrons. The molecule has 1 aliphatic rings. The summed E-state index contributed by atoms with van der Waals surface area (Å²) in [6, 6.07) is 13.7. The fourth-order valence-electron chi connectivity index (χ4n) is 4.11. The molecule has 1 atom stereocenters. The molecule has 0 aliphatic carbocycles. The number of benzene rings is 3. The van der Waals surface area contributed by atoms with Gasteiger partial charge in [0.1, 0.15) is 11.6 Å². The molecule has 1 fully saturated rings. The van der Waals surface area contributed by atoms with E-state index in [0.29, 0.717) is 22.0 Å². The Morgan fingerprint density at radius 2 is 1.64 bits per heavy atom. The van der Waals surface area contributed by atoms with Crippen LogP contribution in [0.5, 0.6) is 0 Å². The fourth-order valence-corrected chi connectivity index (χ4v) is 4.11. The molecule has 3 aromatic carbocycles. The quantitative estimate of drug-likeness (QED) is 0.257. The van der Waals surface area contributed by atoms with Crippen LogP contribution in [0.2, 0.25) is 0 Å². The van der Waals surface area contributed by atoms with Crippen molar-refractivity contribution in [2.75, 3.05) is 4.90 Å². The molecule has 2 N–H and O–H groups in total. The molecule has 2 heterocycles. The highest BCUT2D eigenvalue weighted by atomic mass is 19.2. The molecule has 1 aliphatic heterocycles. The van der Waals surface area contributed by atoms with Crippen molar-refractivity contribution in [3.63, 3.8) is 0 Å². The average Bonchev–Trinajstić information content (AvgIpc) is 3.35. The largest absolute Gasteiger partial charge is 0.507 e. The highest BCUT2D eigenvalue weighted by Gasteiger charge is 2.47. The predicted molar refractivity (Wildman–Crippen MR) is 116 cm³/mol. The Labute approximate surface area is 185 Å². The number of para-hydroxylation sites is 1. The number of aliphatic hydroxyl groups excluding tert-OH is 1. The number of hydrogen-bond donors (Lipinski definition) is 2. The van der Waals surface area contributed by atoms with Crippen molar-refractivity contribution in [2.24, 2.45) is 0 Å². The second-order valence-electron chi connectivity index (χ2n) is 7.57. The number of aliphatic hydroxyl groups is 1. The van der Waals surface area contributed by atoms with Gasteiger partial charge in [0.2, 0.25) is 0 Å². The van der Waals surface area contributed by atoms with Crippen molar-refractivity contribution in [3.8, 4) is 0 Å². The minimum absolute atomic E-state index is 0.0803. The van der Waals surface area contributed by atoms with Crippen LogP contribution in [0.1, 0.15) is 17.2 Å². The Morgan fingerprint density at radius 3 is 2.36 bits per heavy atom.